The lowest BCUT2D eigenvalue weighted by Gasteiger charge is -2.12. The maximum atomic E-state index is 12.9. The van der Waals surface area contributed by atoms with Gasteiger partial charge >= 0.3 is 0 Å². The number of sulfone groups is 1. The highest BCUT2D eigenvalue weighted by Crippen LogP contribution is 2.24. The molecule has 1 fully saturated rings. The second-order valence-electron chi connectivity index (χ2n) is 7.32. The molecule has 3 aromatic rings. The topological polar surface area (TPSA) is 112 Å². The van der Waals surface area contributed by atoms with Gasteiger partial charge in [0.25, 0.3) is 5.91 Å². The van der Waals surface area contributed by atoms with Crippen LogP contribution in [0.3, 0.4) is 0 Å². The van der Waals surface area contributed by atoms with Gasteiger partial charge in [-0.3, -0.25) is 9.59 Å². The molecule has 0 unspecified atom stereocenters. The summed E-state index contributed by atoms with van der Waals surface area (Å²) in [6.07, 6.45) is 1.80. The molecule has 1 N–H and O–H groups in total. The lowest BCUT2D eigenvalue weighted by molar-refractivity contribution is -0.123. The van der Waals surface area contributed by atoms with Crippen molar-refractivity contribution < 1.29 is 27.1 Å². The SMILES string of the molecule is COc1ccc(-c2coc3cc(OCC(=O)N[C@H]4CCS(=O)(=O)C4)ccc3c2=O)cc1. The van der Waals surface area contributed by atoms with Crippen LogP contribution >= 0.6 is 0 Å². The molecule has 2 heterocycles. The lowest BCUT2D eigenvalue weighted by Crippen LogP contribution is -2.38. The fourth-order valence-corrected chi connectivity index (χ4v) is 5.17. The monoisotopic (exact) mass is 443 g/mol. The third-order valence-electron chi connectivity index (χ3n) is 5.11. The summed E-state index contributed by atoms with van der Waals surface area (Å²) >= 11 is 0. The van der Waals surface area contributed by atoms with Gasteiger partial charge in [-0.05, 0) is 36.2 Å². The number of benzene rings is 2. The third-order valence-corrected chi connectivity index (χ3v) is 6.88. The second kappa shape index (κ2) is 8.43. The van der Waals surface area contributed by atoms with E-state index in [1.54, 1.807) is 49.6 Å². The molecular weight excluding hydrogens is 422 g/mol. The fraction of sp³-hybridized carbons (Fsp3) is 0.273. The minimum absolute atomic E-state index is 0.0452. The standard InChI is InChI=1S/C22H21NO7S/c1-28-16-4-2-14(3-5-16)19-11-30-20-10-17(6-7-18(20)22(19)25)29-12-21(24)23-15-8-9-31(26,27)13-15/h2-7,10-11,15H,8-9,12-13H2,1H3,(H,23,24)/t15-/m0/s1. The van der Waals surface area contributed by atoms with E-state index in [1.165, 1.54) is 6.26 Å². The van der Waals surface area contributed by atoms with Crippen LogP contribution in [0.5, 0.6) is 11.5 Å². The van der Waals surface area contributed by atoms with E-state index in [0.29, 0.717) is 40.0 Å². The molecule has 31 heavy (non-hydrogen) atoms. The average Bonchev–Trinajstić information content (AvgIpc) is 3.10. The van der Waals surface area contributed by atoms with Crippen molar-refractivity contribution in [1.82, 2.24) is 5.32 Å². The van der Waals surface area contributed by atoms with E-state index in [2.05, 4.69) is 5.32 Å². The van der Waals surface area contributed by atoms with Gasteiger partial charge in [-0.25, -0.2) is 8.42 Å². The van der Waals surface area contributed by atoms with Gasteiger partial charge in [0.05, 0.1) is 29.6 Å². The van der Waals surface area contributed by atoms with Crippen LogP contribution in [0.15, 0.2) is 57.9 Å². The predicted molar refractivity (Wildman–Crippen MR) is 115 cm³/mol. The molecular formula is C22H21NO7S. The molecule has 0 spiro atoms. The molecule has 1 amide bonds. The number of amides is 1. The largest absolute Gasteiger partial charge is 0.497 e. The van der Waals surface area contributed by atoms with Gasteiger partial charge in [0.15, 0.2) is 21.9 Å². The highest BCUT2D eigenvalue weighted by atomic mass is 32.2. The van der Waals surface area contributed by atoms with Crippen LogP contribution < -0.4 is 20.2 Å². The number of hydrogen-bond acceptors (Lipinski definition) is 7. The fourth-order valence-electron chi connectivity index (χ4n) is 3.50. The third kappa shape index (κ3) is 4.72. The summed E-state index contributed by atoms with van der Waals surface area (Å²) in [7, 11) is -1.50. The number of rotatable bonds is 6. The minimum Gasteiger partial charge on any atom is -0.497 e. The number of fused-ring (bicyclic) bond motifs is 1. The van der Waals surface area contributed by atoms with Gasteiger partial charge < -0.3 is 19.2 Å². The molecule has 1 atom stereocenters. The summed E-state index contributed by atoms with van der Waals surface area (Å²) in [6, 6.07) is 11.4. The normalized spacial score (nSPS) is 17.4. The molecule has 1 saturated heterocycles. The first-order chi connectivity index (χ1) is 14.8. The molecule has 8 nitrogen and oxygen atoms in total. The van der Waals surface area contributed by atoms with Gasteiger partial charge in [-0.15, -0.1) is 0 Å². The Hall–Kier alpha value is -3.33. The summed E-state index contributed by atoms with van der Waals surface area (Å²) in [4.78, 5) is 24.9. The van der Waals surface area contributed by atoms with Crippen LogP contribution in [-0.2, 0) is 14.6 Å². The Balaban J connectivity index is 1.46. The van der Waals surface area contributed by atoms with Crippen molar-refractivity contribution in [2.24, 2.45) is 0 Å². The quantitative estimate of drug-likeness (QED) is 0.621. The van der Waals surface area contributed by atoms with E-state index in [0.717, 1.165) is 0 Å². The molecule has 0 aliphatic carbocycles. The average molecular weight is 443 g/mol. The molecule has 162 valence electrons. The Morgan fingerprint density at radius 1 is 1.16 bits per heavy atom. The number of methoxy groups -OCH3 is 1. The Labute approximate surface area is 178 Å². The van der Waals surface area contributed by atoms with Gasteiger partial charge in [0.2, 0.25) is 0 Å². The van der Waals surface area contributed by atoms with Crippen molar-refractivity contribution in [3.05, 3.63) is 59.0 Å². The Morgan fingerprint density at radius 3 is 2.58 bits per heavy atom. The second-order valence-corrected chi connectivity index (χ2v) is 9.55. The lowest BCUT2D eigenvalue weighted by atomic mass is 10.1. The molecule has 0 radical (unpaired) electrons. The van der Waals surface area contributed by atoms with Crippen molar-refractivity contribution in [2.75, 3.05) is 25.2 Å². The first-order valence-electron chi connectivity index (χ1n) is 9.67. The van der Waals surface area contributed by atoms with Crippen molar-refractivity contribution in [3.8, 4) is 22.6 Å². The van der Waals surface area contributed by atoms with Gasteiger partial charge in [-0.1, -0.05) is 12.1 Å². The van der Waals surface area contributed by atoms with E-state index < -0.39 is 15.7 Å². The van der Waals surface area contributed by atoms with E-state index in [-0.39, 0.29) is 29.6 Å². The van der Waals surface area contributed by atoms with Gasteiger partial charge in [0, 0.05) is 12.1 Å². The minimum atomic E-state index is -3.07. The first kappa shape index (κ1) is 20.9. The summed E-state index contributed by atoms with van der Waals surface area (Å²) in [5.74, 6) is 0.687. The summed E-state index contributed by atoms with van der Waals surface area (Å²) < 4.78 is 39.2. The van der Waals surface area contributed by atoms with E-state index in [1.807, 2.05) is 0 Å². The molecule has 1 aliphatic rings. The summed E-state index contributed by atoms with van der Waals surface area (Å²) in [6.45, 7) is -0.268. The van der Waals surface area contributed by atoms with Crippen LogP contribution in [0.4, 0.5) is 0 Å². The molecule has 2 aromatic carbocycles. The van der Waals surface area contributed by atoms with Crippen LogP contribution in [-0.4, -0.2) is 45.6 Å². The predicted octanol–water partition coefficient (Wildman–Crippen LogP) is 2.15. The van der Waals surface area contributed by atoms with Crippen LogP contribution in [0.1, 0.15) is 6.42 Å². The van der Waals surface area contributed by atoms with Crippen molar-refractivity contribution in [2.45, 2.75) is 12.5 Å². The number of carbonyl (C=O) groups is 1. The highest BCUT2D eigenvalue weighted by molar-refractivity contribution is 7.91. The summed E-state index contributed by atoms with van der Waals surface area (Å²) in [5, 5.41) is 3.05. The van der Waals surface area contributed by atoms with Crippen molar-refractivity contribution >= 4 is 26.7 Å². The van der Waals surface area contributed by atoms with Crippen LogP contribution in [0, 0.1) is 0 Å². The zero-order valence-corrected chi connectivity index (χ0v) is 17.6. The number of ether oxygens (including phenoxy) is 2. The smallest absolute Gasteiger partial charge is 0.258 e. The van der Waals surface area contributed by atoms with Gasteiger partial charge in [0.1, 0.15) is 23.3 Å². The number of carbonyl (C=O) groups excluding carboxylic acids is 1. The molecule has 0 bridgehead atoms. The number of nitrogens with one attached hydrogen (secondary N) is 1. The maximum absolute atomic E-state index is 12.9. The van der Waals surface area contributed by atoms with E-state index in [4.69, 9.17) is 13.9 Å². The highest BCUT2D eigenvalue weighted by Gasteiger charge is 2.28. The first-order valence-corrected chi connectivity index (χ1v) is 11.5. The van der Waals surface area contributed by atoms with E-state index in [9.17, 15) is 18.0 Å². The zero-order valence-electron chi connectivity index (χ0n) is 16.8. The van der Waals surface area contributed by atoms with E-state index >= 15 is 0 Å². The Bertz CT molecular complexity index is 1280. The van der Waals surface area contributed by atoms with Crippen LogP contribution in [0.25, 0.3) is 22.1 Å². The number of hydrogen-bond donors (Lipinski definition) is 1. The molecule has 1 aliphatic heterocycles. The summed E-state index contributed by atoms with van der Waals surface area (Å²) in [5.41, 5.74) is 1.29. The van der Waals surface area contributed by atoms with Crippen molar-refractivity contribution in [1.29, 1.82) is 0 Å². The Kier molecular flexibility index (Phi) is 5.69. The van der Waals surface area contributed by atoms with Crippen LogP contribution in [0.2, 0.25) is 0 Å². The molecule has 9 heteroatoms. The maximum Gasteiger partial charge on any atom is 0.258 e. The molecule has 4 rings (SSSR count). The van der Waals surface area contributed by atoms with Gasteiger partial charge in [-0.2, -0.15) is 0 Å². The molecule has 0 saturated carbocycles. The van der Waals surface area contributed by atoms with Crippen molar-refractivity contribution in [3.63, 3.8) is 0 Å². The Morgan fingerprint density at radius 2 is 1.90 bits per heavy atom. The zero-order chi connectivity index (χ0) is 22.0. The molecule has 1 aromatic heterocycles.